The van der Waals surface area contributed by atoms with Crippen LogP contribution >= 0.6 is 0 Å². The van der Waals surface area contributed by atoms with Gasteiger partial charge in [0.2, 0.25) is 11.7 Å². The number of phenolic OH excluding ortho intramolecular Hbond substituents is 1. The predicted molar refractivity (Wildman–Crippen MR) is 86.9 cm³/mol. The summed E-state index contributed by atoms with van der Waals surface area (Å²) in [5.74, 6) is -0.476. The fourth-order valence-corrected chi connectivity index (χ4v) is 1.85. The predicted octanol–water partition coefficient (Wildman–Crippen LogP) is 1.46. The largest absolute Gasteiger partial charge is 0.500 e. The number of H-pyrrole nitrogens is 1. The molecule has 10 heteroatoms. The maximum Gasteiger partial charge on any atom is 0.315 e. The van der Waals surface area contributed by atoms with E-state index in [1.165, 1.54) is 19.4 Å². The highest BCUT2D eigenvalue weighted by molar-refractivity contribution is 5.83. The average Bonchev–Trinajstić information content (AvgIpc) is 2.53. The lowest BCUT2D eigenvalue weighted by Gasteiger charge is -2.05. The van der Waals surface area contributed by atoms with Crippen molar-refractivity contribution in [1.29, 1.82) is 0 Å². The summed E-state index contributed by atoms with van der Waals surface area (Å²) in [6.07, 6.45) is 1.27. The number of aromatic amines is 1. The van der Waals surface area contributed by atoms with E-state index in [9.17, 15) is 20.0 Å². The van der Waals surface area contributed by atoms with Crippen molar-refractivity contribution in [2.75, 3.05) is 12.5 Å². The molecule has 1 aromatic heterocycles. The molecule has 0 atom stereocenters. The summed E-state index contributed by atoms with van der Waals surface area (Å²) in [4.78, 5) is 28.4. The van der Waals surface area contributed by atoms with Gasteiger partial charge in [-0.1, -0.05) is 0 Å². The van der Waals surface area contributed by atoms with Crippen LogP contribution in [0.25, 0.3) is 0 Å². The van der Waals surface area contributed by atoms with Gasteiger partial charge in [-0.2, -0.15) is 5.10 Å². The van der Waals surface area contributed by atoms with Crippen LogP contribution in [0.1, 0.15) is 16.8 Å². The Kier molecular flexibility index (Phi) is 4.78. The van der Waals surface area contributed by atoms with E-state index in [1.54, 1.807) is 13.8 Å². The smallest absolute Gasteiger partial charge is 0.315 e. The highest BCUT2D eigenvalue weighted by Gasteiger charge is 2.19. The topological polar surface area (TPSA) is 143 Å². The van der Waals surface area contributed by atoms with Crippen LogP contribution in [0.3, 0.4) is 0 Å². The first-order valence-electron chi connectivity index (χ1n) is 6.75. The molecule has 2 rings (SSSR count). The van der Waals surface area contributed by atoms with Gasteiger partial charge < -0.3 is 9.84 Å². The molecule has 0 aliphatic carbocycles. The molecule has 0 aliphatic heterocycles. The number of hydrogen-bond acceptors (Lipinski definition) is 8. The molecular formula is C14H15N5O5. The van der Waals surface area contributed by atoms with Gasteiger partial charge in [-0.3, -0.25) is 19.9 Å². The molecule has 1 heterocycles. The number of nitro groups is 1. The van der Waals surface area contributed by atoms with Gasteiger partial charge in [0.1, 0.15) is 0 Å². The van der Waals surface area contributed by atoms with Crippen molar-refractivity contribution in [3.8, 4) is 11.5 Å². The Morgan fingerprint density at radius 1 is 1.46 bits per heavy atom. The summed E-state index contributed by atoms with van der Waals surface area (Å²) in [7, 11) is 1.28. The number of aryl methyl sites for hydroxylation is 1. The van der Waals surface area contributed by atoms with Crippen molar-refractivity contribution in [2.45, 2.75) is 13.8 Å². The Labute approximate surface area is 136 Å². The van der Waals surface area contributed by atoms with E-state index >= 15 is 0 Å². The van der Waals surface area contributed by atoms with Crippen LogP contribution < -0.4 is 15.7 Å². The molecule has 0 spiro atoms. The van der Waals surface area contributed by atoms with E-state index in [2.05, 4.69) is 20.5 Å². The van der Waals surface area contributed by atoms with E-state index in [0.717, 1.165) is 6.07 Å². The van der Waals surface area contributed by atoms with Crippen molar-refractivity contribution in [2.24, 2.45) is 5.10 Å². The van der Waals surface area contributed by atoms with Crippen LogP contribution in [0.4, 0.5) is 11.6 Å². The van der Waals surface area contributed by atoms with E-state index in [-0.39, 0.29) is 17.3 Å². The number of anilines is 1. The summed E-state index contributed by atoms with van der Waals surface area (Å²) in [5.41, 5.74) is 3.11. The van der Waals surface area contributed by atoms with Crippen molar-refractivity contribution >= 4 is 17.9 Å². The Bertz CT molecular complexity index is 875. The van der Waals surface area contributed by atoms with E-state index in [4.69, 9.17) is 4.74 Å². The number of methoxy groups -OCH3 is 1. The molecule has 0 amide bonds. The number of nitro benzene ring substituents is 1. The van der Waals surface area contributed by atoms with Crippen molar-refractivity contribution < 1.29 is 14.8 Å². The van der Waals surface area contributed by atoms with Gasteiger partial charge in [0.25, 0.3) is 5.56 Å². The van der Waals surface area contributed by atoms with Gasteiger partial charge in [0.15, 0.2) is 5.75 Å². The van der Waals surface area contributed by atoms with Crippen LogP contribution in [0.2, 0.25) is 0 Å². The quantitative estimate of drug-likeness (QED) is 0.427. The first-order chi connectivity index (χ1) is 11.3. The van der Waals surface area contributed by atoms with Gasteiger partial charge in [-0.25, -0.2) is 10.4 Å². The number of hydrazone groups is 1. The zero-order chi connectivity index (χ0) is 17.9. The van der Waals surface area contributed by atoms with Gasteiger partial charge >= 0.3 is 5.69 Å². The second kappa shape index (κ2) is 6.77. The van der Waals surface area contributed by atoms with Crippen molar-refractivity contribution in [3.05, 3.63) is 49.4 Å². The first kappa shape index (κ1) is 16.9. The van der Waals surface area contributed by atoms with Crippen molar-refractivity contribution in [1.82, 2.24) is 9.97 Å². The lowest BCUT2D eigenvalue weighted by molar-refractivity contribution is -0.386. The number of aromatic hydroxyl groups is 1. The number of rotatable bonds is 5. The normalized spacial score (nSPS) is 10.8. The second-order valence-electron chi connectivity index (χ2n) is 4.84. The van der Waals surface area contributed by atoms with Crippen LogP contribution in [-0.4, -0.2) is 33.3 Å². The Hall–Kier alpha value is -3.43. The van der Waals surface area contributed by atoms with Gasteiger partial charge in [-0.15, -0.1) is 0 Å². The molecule has 0 fully saturated rings. The average molecular weight is 333 g/mol. The number of hydrogen-bond donors (Lipinski definition) is 3. The molecular weight excluding hydrogens is 318 g/mol. The monoisotopic (exact) mass is 333 g/mol. The fraction of sp³-hybridized carbons (Fsp3) is 0.214. The van der Waals surface area contributed by atoms with Gasteiger partial charge in [-0.05, 0) is 19.9 Å². The third kappa shape index (κ3) is 3.48. The highest BCUT2D eigenvalue weighted by Crippen LogP contribution is 2.36. The molecule has 1 aromatic carbocycles. The number of nitrogens with zero attached hydrogens (tertiary/aromatic N) is 3. The maximum absolute atomic E-state index is 11.6. The molecule has 0 bridgehead atoms. The van der Waals surface area contributed by atoms with Gasteiger partial charge in [0.05, 0.1) is 18.2 Å². The first-order valence-corrected chi connectivity index (χ1v) is 6.75. The number of nitrogens with one attached hydrogen (secondary N) is 2. The molecule has 0 radical (unpaired) electrons. The third-order valence-corrected chi connectivity index (χ3v) is 3.27. The lowest BCUT2D eigenvalue weighted by Crippen LogP contribution is -2.15. The SMILES string of the molecule is COc1cc(/C=N\Nc2nc(C)c(C)c(=O)[nH]2)cc([N+](=O)[O-])c1O. The minimum atomic E-state index is -0.731. The minimum absolute atomic E-state index is 0.0524. The van der Waals surface area contributed by atoms with Crippen LogP contribution in [0, 0.1) is 24.0 Å². The highest BCUT2D eigenvalue weighted by atomic mass is 16.6. The number of benzene rings is 1. The molecule has 0 unspecified atom stereocenters. The summed E-state index contributed by atoms with van der Waals surface area (Å²) in [5, 5.41) is 24.5. The molecule has 126 valence electrons. The zero-order valence-corrected chi connectivity index (χ0v) is 13.2. The minimum Gasteiger partial charge on any atom is -0.500 e. The van der Waals surface area contributed by atoms with Crippen LogP contribution in [-0.2, 0) is 0 Å². The molecule has 0 saturated carbocycles. The molecule has 2 aromatic rings. The number of phenols is 1. The van der Waals surface area contributed by atoms with Crippen LogP contribution in [0.5, 0.6) is 11.5 Å². The van der Waals surface area contributed by atoms with E-state index < -0.39 is 16.4 Å². The molecule has 3 N–H and O–H groups in total. The maximum atomic E-state index is 11.6. The summed E-state index contributed by atoms with van der Waals surface area (Å²) in [6, 6.07) is 2.52. The van der Waals surface area contributed by atoms with E-state index in [0.29, 0.717) is 16.8 Å². The Balaban J connectivity index is 2.28. The number of ether oxygens (including phenoxy) is 1. The van der Waals surface area contributed by atoms with Crippen molar-refractivity contribution in [3.63, 3.8) is 0 Å². The van der Waals surface area contributed by atoms with Crippen LogP contribution in [0.15, 0.2) is 22.0 Å². The van der Waals surface area contributed by atoms with Gasteiger partial charge in [0, 0.05) is 22.9 Å². The third-order valence-electron chi connectivity index (χ3n) is 3.27. The molecule has 10 nitrogen and oxygen atoms in total. The van der Waals surface area contributed by atoms with E-state index in [1.807, 2.05) is 0 Å². The second-order valence-corrected chi connectivity index (χ2v) is 4.84. The summed E-state index contributed by atoms with van der Waals surface area (Å²) < 4.78 is 4.89. The Morgan fingerprint density at radius 3 is 2.75 bits per heavy atom. The standard InChI is InChI=1S/C14H15N5O5/c1-7-8(2)16-14(17-13(7)21)18-15-6-9-4-10(19(22)23)12(20)11(5-9)24-3/h4-6,20H,1-3H3,(H2,16,17,18,21)/b15-6-. The lowest BCUT2D eigenvalue weighted by atomic mass is 10.2. The molecule has 0 saturated heterocycles. The fourth-order valence-electron chi connectivity index (χ4n) is 1.85. The summed E-state index contributed by atoms with van der Waals surface area (Å²) >= 11 is 0. The Morgan fingerprint density at radius 2 is 2.17 bits per heavy atom. The molecule has 0 aliphatic rings. The molecule has 24 heavy (non-hydrogen) atoms. The zero-order valence-electron chi connectivity index (χ0n) is 13.2. The number of aromatic nitrogens is 2. The summed E-state index contributed by atoms with van der Waals surface area (Å²) in [6.45, 7) is 3.34.